The van der Waals surface area contributed by atoms with Crippen LogP contribution in [0.5, 0.6) is 0 Å². The number of hydrogen-bond donors (Lipinski definition) is 1. The van der Waals surface area contributed by atoms with Crippen LogP contribution in [0.3, 0.4) is 0 Å². The highest BCUT2D eigenvalue weighted by molar-refractivity contribution is 5.04. The molecule has 16 heavy (non-hydrogen) atoms. The van der Waals surface area contributed by atoms with E-state index in [9.17, 15) is 0 Å². The largest absolute Gasteiger partial charge is 0.308 e. The van der Waals surface area contributed by atoms with Gasteiger partial charge in [0.15, 0.2) is 0 Å². The van der Waals surface area contributed by atoms with Crippen molar-refractivity contribution >= 4 is 0 Å². The topological polar surface area (TPSA) is 33.1 Å². The monoisotopic (exact) mass is 220 g/mol. The Morgan fingerprint density at radius 3 is 2.81 bits per heavy atom. The van der Waals surface area contributed by atoms with E-state index in [0.29, 0.717) is 6.04 Å². The van der Waals surface area contributed by atoms with E-state index < -0.39 is 0 Å². The molecule has 0 saturated carbocycles. The van der Waals surface area contributed by atoms with Crippen LogP contribution in [-0.2, 0) is 13.6 Å². The van der Waals surface area contributed by atoms with E-state index in [1.165, 1.54) is 38.0 Å². The molecular formula is C12H20N4. The molecule has 3 fully saturated rings. The lowest BCUT2D eigenvalue weighted by molar-refractivity contribution is 0.0720. The van der Waals surface area contributed by atoms with E-state index in [2.05, 4.69) is 21.5 Å². The lowest BCUT2D eigenvalue weighted by Gasteiger charge is -2.45. The molecule has 0 spiro atoms. The summed E-state index contributed by atoms with van der Waals surface area (Å²) in [6.07, 6.45) is 6.80. The highest BCUT2D eigenvalue weighted by Gasteiger charge is 2.33. The van der Waals surface area contributed by atoms with E-state index in [-0.39, 0.29) is 0 Å². The predicted octanol–water partition coefficient (Wildman–Crippen LogP) is 0.604. The lowest BCUT2D eigenvalue weighted by atomic mass is 9.84. The Morgan fingerprint density at radius 1 is 1.44 bits per heavy atom. The first-order chi connectivity index (χ1) is 7.81. The molecule has 4 nitrogen and oxygen atoms in total. The van der Waals surface area contributed by atoms with Crippen LogP contribution in [0.1, 0.15) is 18.4 Å². The van der Waals surface area contributed by atoms with Crippen molar-refractivity contribution in [2.24, 2.45) is 13.0 Å². The van der Waals surface area contributed by atoms with Gasteiger partial charge in [0.25, 0.3) is 0 Å². The first kappa shape index (κ1) is 10.3. The minimum atomic E-state index is 0.697. The van der Waals surface area contributed by atoms with Crippen LogP contribution in [-0.4, -0.2) is 40.4 Å². The molecule has 88 valence electrons. The molecular weight excluding hydrogens is 200 g/mol. The standard InChI is InChI=1S/C12H20N4/c1-15-8-10(7-14-15)6-13-12-9-16-4-2-11(12)3-5-16/h7-8,11-13H,2-6,9H2,1H3. The Morgan fingerprint density at radius 2 is 2.25 bits per heavy atom. The Kier molecular flexibility index (Phi) is 2.69. The van der Waals surface area contributed by atoms with Crippen LogP contribution in [0.4, 0.5) is 0 Å². The molecule has 4 heterocycles. The molecule has 1 atom stereocenters. The van der Waals surface area contributed by atoms with Crippen molar-refractivity contribution in [3.05, 3.63) is 18.0 Å². The van der Waals surface area contributed by atoms with Gasteiger partial charge in [0.05, 0.1) is 6.20 Å². The second kappa shape index (κ2) is 4.18. The van der Waals surface area contributed by atoms with Crippen molar-refractivity contribution in [2.75, 3.05) is 19.6 Å². The van der Waals surface area contributed by atoms with Gasteiger partial charge in [0.2, 0.25) is 0 Å². The van der Waals surface area contributed by atoms with Gasteiger partial charge in [-0.15, -0.1) is 0 Å². The van der Waals surface area contributed by atoms with Gasteiger partial charge < -0.3 is 10.2 Å². The summed E-state index contributed by atoms with van der Waals surface area (Å²) < 4.78 is 1.87. The summed E-state index contributed by atoms with van der Waals surface area (Å²) >= 11 is 0. The highest BCUT2D eigenvalue weighted by Crippen LogP contribution is 2.27. The van der Waals surface area contributed by atoms with Gasteiger partial charge in [-0.05, 0) is 31.8 Å². The zero-order valence-electron chi connectivity index (χ0n) is 9.89. The van der Waals surface area contributed by atoms with E-state index in [1.807, 2.05) is 17.9 Å². The predicted molar refractivity (Wildman–Crippen MR) is 63.0 cm³/mol. The summed E-state index contributed by atoms with van der Waals surface area (Å²) in [5, 5.41) is 7.88. The molecule has 0 aromatic carbocycles. The van der Waals surface area contributed by atoms with Gasteiger partial charge in [-0.2, -0.15) is 5.10 Å². The molecule has 1 aromatic rings. The molecule has 1 unspecified atom stereocenters. The maximum atomic E-state index is 4.19. The average molecular weight is 220 g/mol. The Balaban J connectivity index is 1.55. The fraction of sp³-hybridized carbons (Fsp3) is 0.750. The van der Waals surface area contributed by atoms with Crippen molar-refractivity contribution in [2.45, 2.75) is 25.4 Å². The van der Waals surface area contributed by atoms with Crippen LogP contribution >= 0.6 is 0 Å². The first-order valence-corrected chi connectivity index (χ1v) is 6.24. The second-order valence-corrected chi connectivity index (χ2v) is 5.15. The zero-order chi connectivity index (χ0) is 11.0. The molecule has 1 aromatic heterocycles. The molecule has 3 aliphatic heterocycles. The fourth-order valence-electron chi connectivity index (χ4n) is 3.01. The van der Waals surface area contributed by atoms with Crippen LogP contribution in [0, 0.1) is 5.92 Å². The summed E-state index contributed by atoms with van der Waals surface area (Å²) in [5.41, 5.74) is 1.29. The van der Waals surface area contributed by atoms with E-state index in [4.69, 9.17) is 0 Å². The molecule has 1 N–H and O–H groups in total. The van der Waals surface area contributed by atoms with Gasteiger partial charge in [0.1, 0.15) is 0 Å². The Labute approximate surface area is 96.6 Å². The molecule has 4 rings (SSSR count). The number of hydrogen-bond acceptors (Lipinski definition) is 3. The maximum absolute atomic E-state index is 4.19. The zero-order valence-corrected chi connectivity index (χ0v) is 9.89. The average Bonchev–Trinajstić information content (AvgIpc) is 2.74. The van der Waals surface area contributed by atoms with Crippen LogP contribution < -0.4 is 5.32 Å². The minimum absolute atomic E-state index is 0.697. The minimum Gasteiger partial charge on any atom is -0.308 e. The maximum Gasteiger partial charge on any atom is 0.0534 e. The van der Waals surface area contributed by atoms with Crippen molar-refractivity contribution in [1.82, 2.24) is 20.0 Å². The third-order valence-corrected chi connectivity index (χ3v) is 3.98. The normalized spacial score (nSPS) is 33.2. The van der Waals surface area contributed by atoms with Gasteiger partial charge in [0, 0.05) is 37.9 Å². The number of rotatable bonds is 3. The van der Waals surface area contributed by atoms with Gasteiger partial charge in [-0.1, -0.05) is 0 Å². The summed E-state index contributed by atoms with van der Waals surface area (Å²) in [5.74, 6) is 0.904. The van der Waals surface area contributed by atoms with Crippen molar-refractivity contribution in [3.63, 3.8) is 0 Å². The SMILES string of the molecule is Cn1cc(CNC2CN3CCC2CC3)cn1. The van der Waals surface area contributed by atoms with E-state index in [1.54, 1.807) is 0 Å². The number of aryl methyl sites for hydroxylation is 1. The fourth-order valence-corrected chi connectivity index (χ4v) is 3.01. The molecule has 0 amide bonds. The lowest BCUT2D eigenvalue weighted by Crippen LogP contribution is -2.55. The van der Waals surface area contributed by atoms with Gasteiger partial charge >= 0.3 is 0 Å². The number of nitrogens with one attached hydrogen (secondary N) is 1. The number of fused-ring (bicyclic) bond motifs is 3. The third-order valence-electron chi connectivity index (χ3n) is 3.98. The Bertz CT molecular complexity index is 352. The van der Waals surface area contributed by atoms with Gasteiger partial charge in [-0.25, -0.2) is 0 Å². The highest BCUT2D eigenvalue weighted by atomic mass is 15.2. The summed E-state index contributed by atoms with van der Waals surface area (Å²) in [4.78, 5) is 2.58. The number of aromatic nitrogens is 2. The summed E-state index contributed by atoms with van der Waals surface area (Å²) in [7, 11) is 1.97. The number of piperidine rings is 3. The van der Waals surface area contributed by atoms with Crippen LogP contribution in [0.2, 0.25) is 0 Å². The first-order valence-electron chi connectivity index (χ1n) is 6.24. The van der Waals surface area contributed by atoms with Crippen molar-refractivity contribution in [3.8, 4) is 0 Å². The Hall–Kier alpha value is -0.870. The molecule has 0 aliphatic carbocycles. The second-order valence-electron chi connectivity index (χ2n) is 5.15. The van der Waals surface area contributed by atoms with Crippen LogP contribution in [0.15, 0.2) is 12.4 Å². The van der Waals surface area contributed by atoms with E-state index >= 15 is 0 Å². The van der Waals surface area contributed by atoms with Gasteiger partial charge in [-0.3, -0.25) is 4.68 Å². The molecule has 2 bridgehead atoms. The quantitative estimate of drug-likeness (QED) is 0.810. The summed E-state index contributed by atoms with van der Waals surface area (Å²) in [6.45, 7) is 4.83. The van der Waals surface area contributed by atoms with E-state index in [0.717, 1.165) is 12.5 Å². The molecule has 3 aliphatic rings. The number of nitrogens with zero attached hydrogens (tertiary/aromatic N) is 3. The third kappa shape index (κ3) is 1.99. The molecule has 3 saturated heterocycles. The summed E-state index contributed by atoms with van der Waals surface area (Å²) in [6, 6.07) is 0.697. The molecule has 0 radical (unpaired) electrons. The molecule has 4 heteroatoms. The van der Waals surface area contributed by atoms with Crippen molar-refractivity contribution in [1.29, 1.82) is 0 Å². The smallest absolute Gasteiger partial charge is 0.0534 e. The van der Waals surface area contributed by atoms with Crippen molar-refractivity contribution < 1.29 is 0 Å². The van der Waals surface area contributed by atoms with Crippen LogP contribution in [0.25, 0.3) is 0 Å².